The highest BCUT2D eigenvalue weighted by atomic mass is 16.5. The van der Waals surface area contributed by atoms with Crippen molar-refractivity contribution in [3.05, 3.63) is 29.7 Å². The topological polar surface area (TPSA) is 60.2 Å². The van der Waals surface area contributed by atoms with Crippen molar-refractivity contribution >= 4 is 0 Å². The fraction of sp³-hybridized carbons (Fsp3) is 0.429. The van der Waals surface area contributed by atoms with Crippen molar-refractivity contribution in [3.63, 3.8) is 0 Å². The molecule has 1 aromatic carbocycles. The average Bonchev–Trinajstić information content (AvgIpc) is 2.90. The summed E-state index contributed by atoms with van der Waals surface area (Å²) < 4.78 is 10.5. The first kappa shape index (κ1) is 13.5. The summed E-state index contributed by atoms with van der Waals surface area (Å²) in [6.07, 6.45) is 0.903. The molecule has 0 saturated heterocycles. The molecule has 0 aliphatic carbocycles. The average molecular weight is 261 g/mol. The lowest BCUT2D eigenvalue weighted by molar-refractivity contribution is 0.334. The summed E-state index contributed by atoms with van der Waals surface area (Å²) in [5.41, 5.74) is 1.98. The minimum Gasteiger partial charge on any atom is -0.496 e. The molecule has 102 valence electrons. The van der Waals surface area contributed by atoms with Crippen LogP contribution in [0.2, 0.25) is 0 Å². The Balaban J connectivity index is 2.30. The number of benzene rings is 1. The molecule has 1 atom stereocenters. The largest absolute Gasteiger partial charge is 0.496 e. The van der Waals surface area contributed by atoms with Crippen molar-refractivity contribution in [2.45, 2.75) is 26.3 Å². The Morgan fingerprint density at radius 2 is 2.21 bits per heavy atom. The molecule has 0 saturated carbocycles. The predicted molar refractivity (Wildman–Crippen MR) is 73.1 cm³/mol. The lowest BCUT2D eigenvalue weighted by Crippen LogP contribution is -2.15. The maximum Gasteiger partial charge on any atom is 0.244 e. The zero-order valence-electron chi connectivity index (χ0n) is 11.7. The first-order valence-corrected chi connectivity index (χ1v) is 6.35. The van der Waals surface area contributed by atoms with Gasteiger partial charge < -0.3 is 14.6 Å². The van der Waals surface area contributed by atoms with Crippen LogP contribution in [0, 0.1) is 6.92 Å². The van der Waals surface area contributed by atoms with Crippen LogP contribution < -0.4 is 10.1 Å². The molecule has 0 amide bonds. The van der Waals surface area contributed by atoms with E-state index in [0.29, 0.717) is 11.7 Å². The number of aryl methyl sites for hydroxylation is 1. The number of hydrogen-bond donors (Lipinski definition) is 1. The summed E-state index contributed by atoms with van der Waals surface area (Å²) in [4.78, 5) is 4.44. The SMILES string of the molecule is CCC(NC)c1nc(-c2ccc(OC)c(C)c2)no1. The molecular formula is C14H19N3O2. The number of ether oxygens (including phenoxy) is 1. The molecule has 0 aliphatic heterocycles. The van der Waals surface area contributed by atoms with E-state index < -0.39 is 0 Å². The van der Waals surface area contributed by atoms with Crippen molar-refractivity contribution in [1.82, 2.24) is 15.5 Å². The van der Waals surface area contributed by atoms with E-state index in [4.69, 9.17) is 9.26 Å². The van der Waals surface area contributed by atoms with Crippen LogP contribution in [-0.2, 0) is 0 Å². The van der Waals surface area contributed by atoms with Crippen LogP contribution in [0.4, 0.5) is 0 Å². The van der Waals surface area contributed by atoms with E-state index in [-0.39, 0.29) is 6.04 Å². The lowest BCUT2D eigenvalue weighted by Gasteiger charge is -2.06. The maximum atomic E-state index is 5.30. The van der Waals surface area contributed by atoms with Gasteiger partial charge in [-0.1, -0.05) is 12.1 Å². The molecule has 1 aromatic heterocycles. The van der Waals surface area contributed by atoms with E-state index in [1.165, 1.54) is 0 Å². The number of hydrogen-bond acceptors (Lipinski definition) is 5. The van der Waals surface area contributed by atoms with Gasteiger partial charge >= 0.3 is 0 Å². The minimum atomic E-state index is 0.0978. The zero-order valence-corrected chi connectivity index (χ0v) is 11.7. The van der Waals surface area contributed by atoms with E-state index in [1.54, 1.807) is 7.11 Å². The Morgan fingerprint density at radius 1 is 1.42 bits per heavy atom. The maximum absolute atomic E-state index is 5.30. The van der Waals surface area contributed by atoms with Gasteiger partial charge in [0.2, 0.25) is 11.7 Å². The van der Waals surface area contributed by atoms with Crippen molar-refractivity contribution in [3.8, 4) is 17.1 Å². The molecule has 0 fully saturated rings. The molecule has 19 heavy (non-hydrogen) atoms. The molecule has 0 bridgehead atoms. The summed E-state index contributed by atoms with van der Waals surface area (Å²) in [7, 11) is 3.54. The minimum absolute atomic E-state index is 0.0978. The van der Waals surface area contributed by atoms with Crippen LogP contribution in [0.5, 0.6) is 5.75 Å². The normalized spacial score (nSPS) is 12.4. The molecule has 5 nitrogen and oxygen atoms in total. The van der Waals surface area contributed by atoms with Gasteiger partial charge in [0.15, 0.2) is 0 Å². The fourth-order valence-corrected chi connectivity index (χ4v) is 2.01. The highest BCUT2D eigenvalue weighted by Gasteiger charge is 2.16. The molecular weight excluding hydrogens is 242 g/mol. The van der Waals surface area contributed by atoms with Crippen LogP contribution in [0.3, 0.4) is 0 Å². The Hall–Kier alpha value is -1.88. The Kier molecular flexibility index (Phi) is 4.16. The number of rotatable bonds is 5. The van der Waals surface area contributed by atoms with Gasteiger partial charge in [0.25, 0.3) is 0 Å². The van der Waals surface area contributed by atoms with Gasteiger partial charge in [-0.15, -0.1) is 0 Å². The zero-order chi connectivity index (χ0) is 13.8. The Morgan fingerprint density at radius 3 is 2.79 bits per heavy atom. The summed E-state index contributed by atoms with van der Waals surface area (Å²) in [6, 6.07) is 5.94. The number of aromatic nitrogens is 2. The second-order valence-corrected chi connectivity index (χ2v) is 4.39. The quantitative estimate of drug-likeness (QED) is 0.896. The highest BCUT2D eigenvalue weighted by molar-refractivity contribution is 5.58. The lowest BCUT2D eigenvalue weighted by atomic mass is 10.1. The van der Waals surface area contributed by atoms with Crippen molar-refractivity contribution in [1.29, 1.82) is 0 Å². The summed E-state index contributed by atoms with van der Waals surface area (Å²) in [5, 5.41) is 7.18. The van der Waals surface area contributed by atoms with Gasteiger partial charge in [0.05, 0.1) is 13.2 Å². The van der Waals surface area contributed by atoms with Gasteiger partial charge in [0.1, 0.15) is 5.75 Å². The van der Waals surface area contributed by atoms with Gasteiger partial charge in [-0.05, 0) is 44.2 Å². The summed E-state index contributed by atoms with van der Waals surface area (Å²) in [6.45, 7) is 4.06. The van der Waals surface area contributed by atoms with E-state index in [1.807, 2.05) is 32.2 Å². The van der Waals surface area contributed by atoms with Gasteiger partial charge in [0, 0.05) is 5.56 Å². The molecule has 2 rings (SSSR count). The van der Waals surface area contributed by atoms with Crippen LogP contribution in [0.1, 0.15) is 30.8 Å². The fourth-order valence-electron chi connectivity index (χ4n) is 2.01. The third-order valence-corrected chi connectivity index (χ3v) is 3.15. The van der Waals surface area contributed by atoms with Gasteiger partial charge in [-0.2, -0.15) is 4.98 Å². The third kappa shape index (κ3) is 2.76. The molecule has 1 N–H and O–H groups in total. The molecule has 1 unspecified atom stereocenters. The van der Waals surface area contributed by atoms with Crippen molar-refractivity contribution < 1.29 is 9.26 Å². The van der Waals surface area contributed by atoms with E-state index in [0.717, 1.165) is 23.3 Å². The molecule has 1 heterocycles. The molecule has 0 spiro atoms. The Bertz CT molecular complexity index is 547. The van der Waals surface area contributed by atoms with E-state index in [2.05, 4.69) is 22.4 Å². The van der Waals surface area contributed by atoms with Crippen LogP contribution >= 0.6 is 0 Å². The first-order valence-electron chi connectivity index (χ1n) is 6.35. The number of nitrogens with one attached hydrogen (secondary N) is 1. The second kappa shape index (κ2) is 5.84. The number of methoxy groups -OCH3 is 1. The summed E-state index contributed by atoms with van der Waals surface area (Å²) >= 11 is 0. The molecule has 5 heteroatoms. The smallest absolute Gasteiger partial charge is 0.244 e. The van der Waals surface area contributed by atoms with Crippen molar-refractivity contribution in [2.75, 3.05) is 14.2 Å². The summed E-state index contributed by atoms with van der Waals surface area (Å²) in [5.74, 6) is 2.08. The third-order valence-electron chi connectivity index (χ3n) is 3.15. The van der Waals surface area contributed by atoms with Crippen LogP contribution in [0.15, 0.2) is 22.7 Å². The van der Waals surface area contributed by atoms with Gasteiger partial charge in [-0.25, -0.2) is 0 Å². The van der Waals surface area contributed by atoms with E-state index >= 15 is 0 Å². The molecule has 0 radical (unpaired) electrons. The van der Waals surface area contributed by atoms with Crippen LogP contribution in [0.25, 0.3) is 11.4 Å². The Labute approximate surface area is 113 Å². The molecule has 0 aliphatic rings. The number of nitrogens with zero attached hydrogens (tertiary/aromatic N) is 2. The van der Waals surface area contributed by atoms with Crippen molar-refractivity contribution in [2.24, 2.45) is 0 Å². The van der Waals surface area contributed by atoms with Crippen LogP contribution in [-0.4, -0.2) is 24.3 Å². The second-order valence-electron chi connectivity index (χ2n) is 4.39. The predicted octanol–water partition coefficient (Wildman–Crippen LogP) is 2.72. The first-order chi connectivity index (χ1) is 9.19. The monoisotopic (exact) mass is 261 g/mol. The van der Waals surface area contributed by atoms with E-state index in [9.17, 15) is 0 Å². The van der Waals surface area contributed by atoms with Gasteiger partial charge in [-0.3, -0.25) is 0 Å². The standard InChI is InChI=1S/C14H19N3O2/c1-5-11(15-3)14-16-13(17-19-14)10-6-7-12(18-4)9(2)8-10/h6-8,11,15H,5H2,1-4H3. The highest BCUT2D eigenvalue weighted by Crippen LogP contribution is 2.25. The molecule has 2 aromatic rings.